The molecule has 0 spiro atoms. The Hall–Kier alpha value is -2.40. The Kier molecular flexibility index (Phi) is 5.89. The summed E-state index contributed by atoms with van der Waals surface area (Å²) < 4.78 is 0. The third-order valence-electron chi connectivity index (χ3n) is 4.26. The Balaban J connectivity index is 2.59. The highest BCUT2D eigenvalue weighted by molar-refractivity contribution is 9.09. The number of carbonyl (C=O) groups is 1. The third kappa shape index (κ3) is 3.19. The summed E-state index contributed by atoms with van der Waals surface area (Å²) in [6.07, 6.45) is 0. The summed E-state index contributed by atoms with van der Waals surface area (Å²) in [6, 6.07) is 32.0. The van der Waals surface area contributed by atoms with Gasteiger partial charge in [0, 0.05) is 0 Å². The van der Waals surface area contributed by atoms with Gasteiger partial charge in [0.2, 0.25) is 0 Å². The molecule has 0 saturated carbocycles. The van der Waals surface area contributed by atoms with Gasteiger partial charge in [-0.3, -0.25) is 4.79 Å². The van der Waals surface area contributed by atoms with E-state index >= 15 is 0 Å². The van der Waals surface area contributed by atoms with Gasteiger partial charge in [0.25, 0.3) is 0 Å². The van der Waals surface area contributed by atoms with E-state index in [1.165, 1.54) is 0 Å². The zero-order valence-corrected chi connectivity index (χ0v) is 16.5. The number of rotatable bonds is 5. The van der Waals surface area contributed by atoms with Crippen LogP contribution in [0.5, 0.6) is 0 Å². The van der Waals surface area contributed by atoms with Gasteiger partial charge in [-0.25, -0.2) is 0 Å². The van der Waals surface area contributed by atoms with Crippen LogP contribution >= 0.6 is 22.8 Å². The Morgan fingerprint density at radius 1 is 0.769 bits per heavy atom. The van der Waals surface area contributed by atoms with E-state index in [2.05, 4.69) is 22.0 Å². The lowest BCUT2D eigenvalue weighted by Gasteiger charge is -2.29. The first kappa shape index (κ1) is 18.4. The molecular weight excluding hydrogens is 405 g/mol. The van der Waals surface area contributed by atoms with Crippen molar-refractivity contribution in [1.29, 1.82) is 5.26 Å². The molecule has 0 radical (unpaired) electrons. The molecule has 2 nitrogen and oxygen atoms in total. The van der Waals surface area contributed by atoms with Crippen molar-refractivity contribution in [3.05, 3.63) is 91.0 Å². The second-order valence-electron chi connectivity index (χ2n) is 5.69. The quantitative estimate of drug-likeness (QED) is 0.466. The molecule has 4 heteroatoms. The third-order valence-corrected chi connectivity index (χ3v) is 9.01. The van der Waals surface area contributed by atoms with E-state index in [1.54, 1.807) is 0 Å². The number of hydrogen-bond acceptors (Lipinski definition) is 2. The molecule has 3 rings (SSSR count). The van der Waals surface area contributed by atoms with Crippen molar-refractivity contribution >= 4 is 49.8 Å². The van der Waals surface area contributed by atoms with Gasteiger partial charge in [0.05, 0.1) is 5.33 Å². The van der Waals surface area contributed by atoms with Crippen LogP contribution in [0.15, 0.2) is 91.0 Å². The SMILES string of the molecule is N#CC(C(=O)CBr)=P(c1ccccc1)(c1ccccc1)c1ccccc1. The molecule has 0 unspecified atom stereocenters. The molecule has 0 aliphatic heterocycles. The minimum Gasteiger partial charge on any atom is -0.292 e. The summed E-state index contributed by atoms with van der Waals surface area (Å²) in [5.41, 5.74) is 0. The molecule has 3 aromatic rings. The van der Waals surface area contributed by atoms with Crippen LogP contribution in [0.25, 0.3) is 0 Å². The number of hydrogen-bond donors (Lipinski definition) is 0. The van der Waals surface area contributed by atoms with Crippen molar-refractivity contribution in [3.63, 3.8) is 0 Å². The number of Topliss-reactive ketones (excluding diaryl/α,β-unsaturated/α-hetero) is 1. The zero-order chi connectivity index (χ0) is 18.4. The van der Waals surface area contributed by atoms with Gasteiger partial charge >= 0.3 is 0 Å². The molecule has 128 valence electrons. The molecule has 0 aliphatic carbocycles. The van der Waals surface area contributed by atoms with Crippen LogP contribution in [0.3, 0.4) is 0 Å². The van der Waals surface area contributed by atoms with Crippen molar-refractivity contribution < 1.29 is 4.79 Å². The summed E-state index contributed by atoms with van der Waals surface area (Å²) in [4.78, 5) is 12.8. The first-order valence-electron chi connectivity index (χ1n) is 8.18. The van der Waals surface area contributed by atoms with Crippen molar-refractivity contribution in [3.8, 4) is 6.07 Å². The van der Waals surface area contributed by atoms with Crippen LogP contribution in [-0.4, -0.2) is 16.4 Å². The largest absolute Gasteiger partial charge is 0.292 e. The highest BCUT2D eigenvalue weighted by Crippen LogP contribution is 2.46. The Bertz CT molecular complexity index is 889. The van der Waals surface area contributed by atoms with Crippen LogP contribution in [-0.2, 0) is 4.79 Å². The van der Waals surface area contributed by atoms with Gasteiger partial charge < -0.3 is 0 Å². The van der Waals surface area contributed by atoms with E-state index in [9.17, 15) is 10.1 Å². The van der Waals surface area contributed by atoms with Crippen LogP contribution in [0.1, 0.15) is 0 Å². The summed E-state index contributed by atoms with van der Waals surface area (Å²) in [7, 11) is 0. The molecule has 0 aliphatic rings. The minimum absolute atomic E-state index is 0.129. The van der Waals surface area contributed by atoms with Gasteiger partial charge in [0.1, 0.15) is 11.4 Å². The molecule has 26 heavy (non-hydrogen) atoms. The average Bonchev–Trinajstić information content (AvgIpc) is 2.73. The smallest absolute Gasteiger partial charge is 0.184 e. The molecule has 0 N–H and O–H groups in total. The van der Waals surface area contributed by atoms with Gasteiger partial charge in [-0.05, 0) is 22.8 Å². The van der Waals surface area contributed by atoms with Crippen LogP contribution < -0.4 is 15.9 Å². The highest BCUT2D eigenvalue weighted by Gasteiger charge is 2.32. The number of alkyl halides is 1. The lowest BCUT2D eigenvalue weighted by atomic mass is 10.3. The summed E-state index contributed by atoms with van der Waals surface area (Å²) >= 11 is 3.26. The second-order valence-corrected chi connectivity index (χ2v) is 9.59. The van der Waals surface area contributed by atoms with E-state index in [1.807, 2.05) is 91.0 Å². The fraction of sp³-hybridized carbons (Fsp3) is 0.0455. The number of nitrogens with zero attached hydrogens (tertiary/aromatic N) is 1. The standard InChI is InChI=1S/C22H17BrNOP/c23-16-21(25)22(17-24)26(18-10-4-1-5-11-18,19-12-6-2-7-13-19)20-14-8-3-9-15-20/h1-15H,16H2. The number of nitriles is 1. The first-order valence-corrected chi connectivity index (χ1v) is 11.1. The molecule has 3 aromatic carbocycles. The monoisotopic (exact) mass is 421 g/mol. The van der Waals surface area contributed by atoms with E-state index < -0.39 is 6.89 Å². The maximum absolute atomic E-state index is 12.8. The number of halogens is 1. The fourth-order valence-corrected chi connectivity index (χ4v) is 7.80. The van der Waals surface area contributed by atoms with Crippen LogP contribution in [0.2, 0.25) is 0 Å². The number of ketones is 1. The van der Waals surface area contributed by atoms with E-state index in [0.717, 1.165) is 15.9 Å². The topological polar surface area (TPSA) is 40.9 Å². The maximum atomic E-state index is 12.8. The van der Waals surface area contributed by atoms with Crippen LogP contribution in [0.4, 0.5) is 0 Å². The summed E-state index contributed by atoms with van der Waals surface area (Å²) in [6.45, 7) is -2.56. The molecule has 0 bridgehead atoms. The number of carbonyl (C=O) groups excluding carboxylic acids is 1. The molecule has 0 aromatic heterocycles. The molecule has 0 fully saturated rings. The van der Waals surface area contributed by atoms with Crippen molar-refractivity contribution in [2.24, 2.45) is 0 Å². The molecule has 0 saturated heterocycles. The summed E-state index contributed by atoms with van der Waals surface area (Å²) in [5, 5.41) is 13.5. The predicted octanol–water partition coefficient (Wildman–Crippen LogP) is 3.64. The molecule has 0 atom stereocenters. The Labute approximate surface area is 162 Å². The average molecular weight is 422 g/mol. The van der Waals surface area contributed by atoms with E-state index in [4.69, 9.17) is 0 Å². The fourth-order valence-electron chi connectivity index (χ4n) is 3.18. The molecule has 0 heterocycles. The predicted molar refractivity (Wildman–Crippen MR) is 115 cm³/mol. The van der Waals surface area contributed by atoms with Gasteiger partial charge in [-0.15, -0.1) is 0 Å². The van der Waals surface area contributed by atoms with Gasteiger partial charge in [-0.1, -0.05) is 107 Å². The molecular formula is C22H17BrNOP. The zero-order valence-electron chi connectivity index (χ0n) is 14.0. The lowest BCUT2D eigenvalue weighted by Crippen LogP contribution is -2.33. The Morgan fingerprint density at radius 2 is 1.12 bits per heavy atom. The molecule has 0 amide bonds. The van der Waals surface area contributed by atoms with Crippen molar-refractivity contribution in [1.82, 2.24) is 0 Å². The lowest BCUT2D eigenvalue weighted by molar-refractivity contribution is -0.110. The van der Waals surface area contributed by atoms with E-state index in [-0.39, 0.29) is 11.1 Å². The Morgan fingerprint density at radius 3 is 1.38 bits per heavy atom. The van der Waals surface area contributed by atoms with Crippen molar-refractivity contribution in [2.75, 3.05) is 5.33 Å². The minimum atomic E-state index is -2.56. The van der Waals surface area contributed by atoms with Crippen molar-refractivity contribution in [2.45, 2.75) is 0 Å². The highest BCUT2D eigenvalue weighted by atomic mass is 79.9. The van der Waals surface area contributed by atoms with Crippen LogP contribution in [0, 0.1) is 11.3 Å². The van der Waals surface area contributed by atoms with Gasteiger partial charge in [-0.2, -0.15) is 5.26 Å². The van der Waals surface area contributed by atoms with Gasteiger partial charge in [0.15, 0.2) is 5.78 Å². The normalized spacial score (nSPS) is 10.8. The summed E-state index contributed by atoms with van der Waals surface area (Å²) in [5.74, 6) is -0.169. The first-order chi connectivity index (χ1) is 12.7. The maximum Gasteiger partial charge on any atom is 0.184 e. The number of benzene rings is 3. The second kappa shape index (κ2) is 8.32. The van der Waals surface area contributed by atoms with E-state index in [0.29, 0.717) is 5.29 Å².